The summed E-state index contributed by atoms with van der Waals surface area (Å²) in [6.07, 6.45) is 4.43. The summed E-state index contributed by atoms with van der Waals surface area (Å²) in [6.45, 7) is 2.73. The van der Waals surface area contributed by atoms with E-state index in [0.29, 0.717) is 13.0 Å². The minimum Gasteiger partial charge on any atom is -1.00 e. The van der Waals surface area contributed by atoms with Gasteiger partial charge in [-0.05, 0) is 30.7 Å². The second-order valence-electron chi connectivity index (χ2n) is 4.42. The molecule has 0 bridgehead atoms. The Morgan fingerprint density at radius 2 is 1.95 bits per heavy atom. The lowest BCUT2D eigenvalue weighted by molar-refractivity contribution is -0.695. The third-order valence-electron chi connectivity index (χ3n) is 2.76. The maximum absolute atomic E-state index is 11.8. The minimum atomic E-state index is 0. The topological polar surface area (TPSA) is 33.0 Å². The van der Waals surface area contributed by atoms with Crippen molar-refractivity contribution >= 4 is 27.5 Å². The molecule has 0 unspecified atom stereocenters. The third-order valence-corrected chi connectivity index (χ3v) is 3.26. The van der Waals surface area contributed by atoms with Crippen molar-refractivity contribution in [2.24, 2.45) is 0 Å². The van der Waals surface area contributed by atoms with Crippen LogP contribution in [0.4, 0.5) is 5.69 Å². The summed E-state index contributed by atoms with van der Waals surface area (Å²) in [7, 11) is 0. The Hall–Kier alpha value is -1.20. The number of aromatic nitrogens is 1. The van der Waals surface area contributed by atoms with E-state index in [9.17, 15) is 4.79 Å². The number of anilines is 1. The van der Waals surface area contributed by atoms with E-state index in [-0.39, 0.29) is 22.9 Å². The Balaban J connectivity index is 0.00000200. The number of carbonyl (C=O) groups is 1. The molecule has 0 spiro atoms. The van der Waals surface area contributed by atoms with Gasteiger partial charge in [0.1, 0.15) is 0 Å². The van der Waals surface area contributed by atoms with Crippen LogP contribution in [0.3, 0.4) is 0 Å². The number of amides is 1. The molecule has 1 heterocycles. The van der Waals surface area contributed by atoms with E-state index in [0.717, 1.165) is 10.2 Å². The average molecular weight is 400 g/mol. The summed E-state index contributed by atoms with van der Waals surface area (Å²) in [5.41, 5.74) is 2.03. The summed E-state index contributed by atoms with van der Waals surface area (Å²) in [5.74, 6) is 0.0196. The fourth-order valence-corrected chi connectivity index (χ4v) is 2.10. The van der Waals surface area contributed by atoms with Gasteiger partial charge in [-0.25, -0.2) is 4.57 Å². The third kappa shape index (κ3) is 5.43. The number of carbonyl (C=O) groups excluding carboxylic acids is 1. The number of halogens is 2. The summed E-state index contributed by atoms with van der Waals surface area (Å²) in [5, 5.41) is 2.88. The zero-order chi connectivity index (χ0) is 13.7. The summed E-state index contributed by atoms with van der Waals surface area (Å²) in [4.78, 5) is 11.8. The van der Waals surface area contributed by atoms with E-state index in [1.807, 2.05) is 60.3 Å². The van der Waals surface area contributed by atoms with Gasteiger partial charge < -0.3 is 22.3 Å². The molecule has 2 rings (SSSR count). The molecule has 0 atom stereocenters. The Morgan fingerprint density at radius 1 is 1.25 bits per heavy atom. The van der Waals surface area contributed by atoms with Gasteiger partial charge in [-0.3, -0.25) is 4.79 Å². The predicted molar refractivity (Wildman–Crippen MR) is 78.8 cm³/mol. The van der Waals surface area contributed by atoms with E-state index in [4.69, 9.17) is 0 Å². The van der Waals surface area contributed by atoms with Crippen molar-refractivity contribution in [1.82, 2.24) is 0 Å². The highest BCUT2D eigenvalue weighted by molar-refractivity contribution is 9.10. The summed E-state index contributed by atoms with van der Waals surface area (Å²) >= 11 is 3.38. The van der Waals surface area contributed by atoms with Gasteiger partial charge in [0.15, 0.2) is 18.9 Å². The lowest BCUT2D eigenvalue weighted by Gasteiger charge is -2.04. The molecule has 0 saturated heterocycles. The first-order valence-electron chi connectivity index (χ1n) is 6.14. The molecular formula is C15H16Br2N2O. The first-order valence-corrected chi connectivity index (χ1v) is 6.94. The van der Waals surface area contributed by atoms with Gasteiger partial charge >= 0.3 is 0 Å². The average Bonchev–Trinajstić information content (AvgIpc) is 2.38. The fraction of sp³-hybridized carbons (Fsp3) is 0.200. The number of rotatable bonds is 4. The molecule has 1 amide bonds. The van der Waals surface area contributed by atoms with Crippen molar-refractivity contribution in [3.8, 4) is 0 Å². The fourth-order valence-electron chi connectivity index (χ4n) is 1.70. The molecule has 0 aliphatic heterocycles. The van der Waals surface area contributed by atoms with Gasteiger partial charge in [-0.15, -0.1) is 0 Å². The summed E-state index contributed by atoms with van der Waals surface area (Å²) in [6, 6.07) is 11.7. The van der Waals surface area contributed by atoms with Gasteiger partial charge in [0.25, 0.3) is 0 Å². The highest BCUT2D eigenvalue weighted by Crippen LogP contribution is 2.15. The lowest BCUT2D eigenvalue weighted by atomic mass is 10.3. The number of nitrogens with one attached hydrogen (secondary N) is 1. The van der Waals surface area contributed by atoms with Crippen LogP contribution < -0.4 is 26.9 Å². The Morgan fingerprint density at radius 3 is 2.60 bits per heavy atom. The van der Waals surface area contributed by atoms with Crippen molar-refractivity contribution < 1.29 is 26.3 Å². The first kappa shape index (κ1) is 16.9. The van der Waals surface area contributed by atoms with Crippen LogP contribution in [0.15, 0.2) is 53.3 Å². The maximum Gasteiger partial charge on any atom is 0.230 e. The first-order chi connectivity index (χ1) is 9.13. The number of pyridine rings is 1. The Labute approximate surface area is 137 Å². The zero-order valence-electron chi connectivity index (χ0n) is 11.1. The van der Waals surface area contributed by atoms with Gasteiger partial charge in [-0.2, -0.15) is 0 Å². The maximum atomic E-state index is 11.8. The zero-order valence-corrected chi connectivity index (χ0v) is 14.3. The van der Waals surface area contributed by atoms with Gasteiger partial charge in [0, 0.05) is 22.3 Å². The number of nitrogens with zero attached hydrogens (tertiary/aromatic N) is 1. The van der Waals surface area contributed by atoms with Crippen LogP contribution in [-0.2, 0) is 11.3 Å². The van der Waals surface area contributed by atoms with Gasteiger partial charge in [0.05, 0.1) is 6.42 Å². The van der Waals surface area contributed by atoms with Crippen molar-refractivity contribution in [3.05, 3.63) is 58.8 Å². The molecule has 1 N–H and O–H groups in total. The quantitative estimate of drug-likeness (QED) is 0.725. The van der Waals surface area contributed by atoms with Gasteiger partial charge in [0.2, 0.25) is 5.91 Å². The monoisotopic (exact) mass is 398 g/mol. The SMILES string of the molecule is Cc1cc[n+](CCC(=O)Nc2cccc(Br)c2)cc1.[Br-]. The molecular weight excluding hydrogens is 384 g/mol. The molecule has 0 aliphatic rings. The largest absolute Gasteiger partial charge is 1.00 e. The van der Waals surface area contributed by atoms with Crippen LogP contribution in [0.25, 0.3) is 0 Å². The smallest absolute Gasteiger partial charge is 0.230 e. The summed E-state index contributed by atoms with van der Waals surface area (Å²) < 4.78 is 2.96. The number of hydrogen-bond donors (Lipinski definition) is 1. The van der Waals surface area contributed by atoms with Crippen molar-refractivity contribution in [1.29, 1.82) is 0 Å². The molecule has 0 saturated carbocycles. The van der Waals surface area contributed by atoms with E-state index in [2.05, 4.69) is 21.2 Å². The molecule has 0 fully saturated rings. The molecule has 20 heavy (non-hydrogen) atoms. The number of benzene rings is 1. The molecule has 1 aromatic carbocycles. The molecule has 0 aliphatic carbocycles. The molecule has 106 valence electrons. The standard InChI is InChI=1S/C15H15BrN2O.BrH/c1-12-5-8-18(9-6-12)10-7-15(19)17-14-4-2-3-13(16)11-14;/h2-6,8-9,11H,7,10H2,1H3;1H. The number of aryl methyl sites for hydroxylation is 2. The Kier molecular flexibility index (Phi) is 6.88. The van der Waals surface area contributed by atoms with Crippen LogP contribution in [0.5, 0.6) is 0 Å². The van der Waals surface area contributed by atoms with Crippen molar-refractivity contribution in [3.63, 3.8) is 0 Å². The van der Waals surface area contributed by atoms with Crippen LogP contribution >= 0.6 is 15.9 Å². The van der Waals surface area contributed by atoms with Crippen LogP contribution in [0.2, 0.25) is 0 Å². The predicted octanol–water partition coefficient (Wildman–Crippen LogP) is 0.0778. The number of hydrogen-bond acceptors (Lipinski definition) is 1. The highest BCUT2D eigenvalue weighted by Gasteiger charge is 2.07. The van der Waals surface area contributed by atoms with Gasteiger partial charge in [-0.1, -0.05) is 22.0 Å². The molecule has 5 heteroatoms. The van der Waals surface area contributed by atoms with Crippen LogP contribution in [-0.4, -0.2) is 5.91 Å². The molecule has 2 aromatic rings. The minimum absolute atomic E-state index is 0. The van der Waals surface area contributed by atoms with E-state index >= 15 is 0 Å². The van der Waals surface area contributed by atoms with E-state index < -0.39 is 0 Å². The molecule has 1 aromatic heterocycles. The Bertz CT molecular complexity index is 570. The lowest BCUT2D eigenvalue weighted by Crippen LogP contribution is -3.00. The van der Waals surface area contributed by atoms with Crippen LogP contribution in [0, 0.1) is 6.92 Å². The van der Waals surface area contributed by atoms with Crippen molar-refractivity contribution in [2.75, 3.05) is 5.32 Å². The van der Waals surface area contributed by atoms with E-state index in [1.54, 1.807) is 0 Å². The normalized spacial score (nSPS) is 9.70. The second kappa shape index (κ2) is 8.17. The second-order valence-corrected chi connectivity index (χ2v) is 5.34. The van der Waals surface area contributed by atoms with Crippen molar-refractivity contribution in [2.45, 2.75) is 19.9 Å². The molecule has 0 radical (unpaired) electrons. The molecule has 3 nitrogen and oxygen atoms in total. The van der Waals surface area contributed by atoms with E-state index in [1.165, 1.54) is 5.56 Å². The van der Waals surface area contributed by atoms with Crippen LogP contribution in [0.1, 0.15) is 12.0 Å². The highest BCUT2D eigenvalue weighted by atomic mass is 79.9.